The zero-order valence-corrected chi connectivity index (χ0v) is 12.7. The molecular formula is C16H25F2N3. The second kappa shape index (κ2) is 7.82. The van der Waals surface area contributed by atoms with Crippen molar-refractivity contribution in [2.75, 3.05) is 32.7 Å². The predicted molar refractivity (Wildman–Crippen MR) is 81.0 cm³/mol. The van der Waals surface area contributed by atoms with Crippen molar-refractivity contribution in [2.24, 2.45) is 5.73 Å². The first kappa shape index (κ1) is 16.3. The normalized spacial score (nSPS) is 18.9. The van der Waals surface area contributed by atoms with Gasteiger partial charge in [0, 0.05) is 50.4 Å². The molecule has 21 heavy (non-hydrogen) atoms. The summed E-state index contributed by atoms with van der Waals surface area (Å²) < 4.78 is 26.6. The Labute approximate surface area is 125 Å². The molecule has 0 saturated carbocycles. The Hall–Kier alpha value is -1.04. The van der Waals surface area contributed by atoms with Gasteiger partial charge < -0.3 is 5.73 Å². The van der Waals surface area contributed by atoms with Gasteiger partial charge in [0.1, 0.15) is 11.6 Å². The van der Waals surface area contributed by atoms with Crippen molar-refractivity contribution in [1.82, 2.24) is 9.80 Å². The molecule has 1 aromatic rings. The molecule has 1 fully saturated rings. The molecule has 0 radical (unpaired) electrons. The van der Waals surface area contributed by atoms with Gasteiger partial charge in [0.25, 0.3) is 0 Å². The fraction of sp³-hybridized carbons (Fsp3) is 0.625. The van der Waals surface area contributed by atoms with Crippen LogP contribution in [0.15, 0.2) is 18.2 Å². The Balaban J connectivity index is 1.86. The summed E-state index contributed by atoms with van der Waals surface area (Å²) >= 11 is 0. The molecule has 1 saturated heterocycles. The quantitative estimate of drug-likeness (QED) is 0.874. The molecule has 0 amide bonds. The highest BCUT2D eigenvalue weighted by Gasteiger charge is 2.22. The number of hydrogen-bond acceptors (Lipinski definition) is 3. The predicted octanol–water partition coefficient (Wildman–Crippen LogP) is 2.21. The molecule has 0 aromatic heterocycles. The molecule has 1 aromatic carbocycles. The first-order valence-electron chi connectivity index (χ1n) is 7.74. The second-order valence-electron chi connectivity index (χ2n) is 5.69. The van der Waals surface area contributed by atoms with Crippen LogP contribution < -0.4 is 5.73 Å². The maximum atomic E-state index is 13.7. The van der Waals surface area contributed by atoms with Crippen molar-refractivity contribution in [3.8, 4) is 0 Å². The smallest absolute Gasteiger partial charge is 0.130 e. The Morgan fingerprint density at radius 3 is 2.48 bits per heavy atom. The maximum Gasteiger partial charge on any atom is 0.130 e. The number of halogens is 2. The summed E-state index contributed by atoms with van der Waals surface area (Å²) in [5.74, 6) is -0.972. The Morgan fingerprint density at radius 1 is 1.19 bits per heavy atom. The molecule has 0 aliphatic carbocycles. The fourth-order valence-electron chi connectivity index (χ4n) is 3.01. The monoisotopic (exact) mass is 297 g/mol. The van der Waals surface area contributed by atoms with Crippen molar-refractivity contribution in [1.29, 1.82) is 0 Å². The van der Waals surface area contributed by atoms with Gasteiger partial charge in [0.05, 0.1) is 0 Å². The fourth-order valence-corrected chi connectivity index (χ4v) is 3.01. The van der Waals surface area contributed by atoms with Crippen LogP contribution in [-0.2, 0) is 6.54 Å². The molecule has 3 nitrogen and oxygen atoms in total. The van der Waals surface area contributed by atoms with E-state index >= 15 is 0 Å². The third-order valence-electron chi connectivity index (χ3n) is 4.30. The zero-order chi connectivity index (χ0) is 15.2. The van der Waals surface area contributed by atoms with Crippen LogP contribution in [0.5, 0.6) is 0 Å². The molecule has 1 unspecified atom stereocenters. The van der Waals surface area contributed by atoms with Gasteiger partial charge in [-0.1, -0.05) is 13.0 Å². The van der Waals surface area contributed by atoms with E-state index in [4.69, 9.17) is 5.73 Å². The number of benzene rings is 1. The first-order valence-corrected chi connectivity index (χ1v) is 7.74. The topological polar surface area (TPSA) is 32.5 Å². The van der Waals surface area contributed by atoms with Crippen molar-refractivity contribution in [2.45, 2.75) is 32.4 Å². The van der Waals surface area contributed by atoms with E-state index in [-0.39, 0.29) is 0 Å². The third kappa shape index (κ3) is 4.46. The van der Waals surface area contributed by atoms with Gasteiger partial charge in [0.15, 0.2) is 0 Å². The van der Waals surface area contributed by atoms with E-state index in [2.05, 4.69) is 16.7 Å². The van der Waals surface area contributed by atoms with E-state index in [0.717, 1.165) is 51.6 Å². The van der Waals surface area contributed by atoms with Crippen LogP contribution in [0.25, 0.3) is 0 Å². The van der Waals surface area contributed by atoms with Gasteiger partial charge in [-0.3, -0.25) is 9.80 Å². The lowest BCUT2D eigenvalue weighted by Crippen LogP contribution is -2.50. The largest absolute Gasteiger partial charge is 0.330 e. The lowest BCUT2D eigenvalue weighted by Gasteiger charge is -2.39. The minimum absolute atomic E-state index is 0.452. The summed E-state index contributed by atoms with van der Waals surface area (Å²) in [4.78, 5) is 4.70. The van der Waals surface area contributed by atoms with E-state index in [9.17, 15) is 8.78 Å². The van der Waals surface area contributed by atoms with Crippen LogP contribution in [0, 0.1) is 11.6 Å². The van der Waals surface area contributed by atoms with Crippen molar-refractivity contribution in [3.63, 3.8) is 0 Å². The highest BCUT2D eigenvalue weighted by atomic mass is 19.1. The molecule has 118 valence electrons. The minimum atomic E-state index is -0.520. The Bertz CT molecular complexity index is 445. The lowest BCUT2D eigenvalue weighted by molar-refractivity contribution is 0.0865. The minimum Gasteiger partial charge on any atom is -0.330 e. The second-order valence-corrected chi connectivity index (χ2v) is 5.69. The van der Waals surface area contributed by atoms with Gasteiger partial charge in [-0.05, 0) is 25.5 Å². The Morgan fingerprint density at radius 2 is 1.90 bits per heavy atom. The molecular weight excluding hydrogens is 272 g/mol. The lowest BCUT2D eigenvalue weighted by atomic mass is 10.1. The van der Waals surface area contributed by atoms with E-state index in [0.29, 0.717) is 18.2 Å². The molecule has 1 heterocycles. The van der Waals surface area contributed by atoms with Crippen LogP contribution in [-0.4, -0.2) is 48.6 Å². The number of nitrogens with zero attached hydrogens (tertiary/aromatic N) is 2. The average molecular weight is 297 g/mol. The summed E-state index contributed by atoms with van der Waals surface area (Å²) in [6.45, 7) is 7.27. The van der Waals surface area contributed by atoms with Gasteiger partial charge in [0.2, 0.25) is 0 Å². The van der Waals surface area contributed by atoms with Crippen molar-refractivity contribution < 1.29 is 8.78 Å². The molecule has 2 N–H and O–H groups in total. The Kier molecular flexibility index (Phi) is 6.08. The zero-order valence-electron chi connectivity index (χ0n) is 12.7. The molecule has 1 atom stereocenters. The van der Waals surface area contributed by atoms with Crippen LogP contribution >= 0.6 is 0 Å². The van der Waals surface area contributed by atoms with Crippen LogP contribution in [0.2, 0.25) is 0 Å². The summed E-state index contributed by atoms with van der Waals surface area (Å²) in [5, 5.41) is 0. The third-order valence-corrected chi connectivity index (χ3v) is 4.30. The van der Waals surface area contributed by atoms with E-state index < -0.39 is 11.6 Å². The maximum absolute atomic E-state index is 13.7. The number of hydrogen-bond donors (Lipinski definition) is 1. The first-order chi connectivity index (χ1) is 10.1. The number of nitrogens with two attached hydrogens (primary N) is 1. The van der Waals surface area contributed by atoms with E-state index in [1.165, 1.54) is 6.07 Å². The molecule has 0 spiro atoms. The van der Waals surface area contributed by atoms with Crippen LogP contribution in [0.3, 0.4) is 0 Å². The van der Waals surface area contributed by atoms with Crippen LogP contribution in [0.1, 0.15) is 25.3 Å². The highest BCUT2D eigenvalue weighted by Crippen LogP contribution is 2.16. The summed E-state index contributed by atoms with van der Waals surface area (Å²) in [6, 6.07) is 4.38. The SMILES string of the molecule is CCC(CCN)N1CCN(Cc2ccc(F)cc2F)CC1. The average Bonchev–Trinajstić information content (AvgIpc) is 2.48. The highest BCUT2D eigenvalue weighted by molar-refractivity contribution is 5.18. The van der Waals surface area contributed by atoms with Gasteiger partial charge in [-0.15, -0.1) is 0 Å². The van der Waals surface area contributed by atoms with Gasteiger partial charge in [-0.25, -0.2) is 8.78 Å². The van der Waals surface area contributed by atoms with Gasteiger partial charge in [-0.2, -0.15) is 0 Å². The van der Waals surface area contributed by atoms with E-state index in [1.807, 2.05) is 0 Å². The number of piperazine rings is 1. The molecule has 1 aliphatic heterocycles. The van der Waals surface area contributed by atoms with Crippen molar-refractivity contribution >= 4 is 0 Å². The van der Waals surface area contributed by atoms with Gasteiger partial charge >= 0.3 is 0 Å². The summed E-state index contributed by atoms with van der Waals surface area (Å²) in [7, 11) is 0. The summed E-state index contributed by atoms with van der Waals surface area (Å²) in [5.41, 5.74) is 6.23. The molecule has 1 aliphatic rings. The van der Waals surface area contributed by atoms with E-state index in [1.54, 1.807) is 6.07 Å². The molecule has 0 bridgehead atoms. The van der Waals surface area contributed by atoms with Crippen LogP contribution in [0.4, 0.5) is 8.78 Å². The molecule has 2 rings (SSSR count). The summed E-state index contributed by atoms with van der Waals surface area (Å²) in [6.07, 6.45) is 2.15. The standard InChI is InChI=1S/C16H25F2N3/c1-2-15(5-6-19)21-9-7-20(8-10-21)12-13-3-4-14(17)11-16(13)18/h3-4,11,15H,2,5-10,12,19H2,1H3. The number of rotatable bonds is 6. The molecule has 5 heteroatoms. The van der Waals surface area contributed by atoms with Crippen molar-refractivity contribution in [3.05, 3.63) is 35.4 Å².